The summed E-state index contributed by atoms with van der Waals surface area (Å²) in [6, 6.07) is 0.759. The molecule has 1 unspecified atom stereocenters. The van der Waals surface area contributed by atoms with Crippen molar-refractivity contribution >= 4 is 0 Å². The van der Waals surface area contributed by atoms with Crippen LogP contribution in [0.4, 0.5) is 0 Å². The molecule has 0 amide bonds. The molecule has 2 fully saturated rings. The van der Waals surface area contributed by atoms with E-state index >= 15 is 0 Å². The lowest BCUT2D eigenvalue weighted by atomic mass is 9.89. The van der Waals surface area contributed by atoms with Crippen LogP contribution in [-0.2, 0) is 4.74 Å². The van der Waals surface area contributed by atoms with Gasteiger partial charge in [0.25, 0.3) is 0 Å². The quantitative estimate of drug-likeness (QED) is 0.788. The first-order chi connectivity index (χ1) is 8.61. The maximum Gasteiger partial charge on any atom is 0.0594 e. The van der Waals surface area contributed by atoms with Gasteiger partial charge in [-0.2, -0.15) is 0 Å². The molecule has 0 aromatic carbocycles. The minimum absolute atomic E-state index is 0.289. The highest BCUT2D eigenvalue weighted by Crippen LogP contribution is 2.22. The summed E-state index contributed by atoms with van der Waals surface area (Å²) in [5.41, 5.74) is 6.08. The van der Waals surface area contributed by atoms with Crippen molar-refractivity contribution in [2.75, 3.05) is 52.5 Å². The largest absolute Gasteiger partial charge is 0.379 e. The van der Waals surface area contributed by atoms with E-state index in [9.17, 15) is 0 Å². The summed E-state index contributed by atoms with van der Waals surface area (Å²) in [5.74, 6) is 0. The smallest absolute Gasteiger partial charge is 0.0594 e. The fourth-order valence-electron chi connectivity index (χ4n) is 2.82. The molecule has 2 rings (SSSR count). The van der Waals surface area contributed by atoms with Gasteiger partial charge in [-0.25, -0.2) is 0 Å². The maximum absolute atomic E-state index is 5.79. The van der Waals surface area contributed by atoms with Gasteiger partial charge in [0, 0.05) is 25.7 Å². The van der Waals surface area contributed by atoms with Crippen LogP contribution >= 0.6 is 0 Å². The molecule has 0 radical (unpaired) electrons. The Morgan fingerprint density at radius 3 is 2.61 bits per heavy atom. The standard InChI is InChI=1S/C14H29N3O/c1-14(2,12-15)4-6-16-5-3-13(11-16)17-7-9-18-10-8-17/h13H,3-12,15H2,1-2H3. The lowest BCUT2D eigenvalue weighted by Crippen LogP contribution is -2.44. The Bertz CT molecular complexity index is 251. The Kier molecular flexibility index (Phi) is 5.01. The highest BCUT2D eigenvalue weighted by Gasteiger charge is 2.29. The van der Waals surface area contributed by atoms with Crippen LogP contribution in [-0.4, -0.2) is 68.3 Å². The minimum atomic E-state index is 0.289. The van der Waals surface area contributed by atoms with Gasteiger partial charge in [-0.05, 0) is 37.9 Å². The predicted octanol–water partition coefficient (Wildman–Crippen LogP) is 0.768. The summed E-state index contributed by atoms with van der Waals surface area (Å²) in [6.07, 6.45) is 2.53. The van der Waals surface area contributed by atoms with Crippen molar-refractivity contribution < 1.29 is 4.74 Å². The Morgan fingerprint density at radius 2 is 1.94 bits per heavy atom. The molecule has 2 saturated heterocycles. The third kappa shape index (κ3) is 3.92. The molecule has 2 aliphatic rings. The number of ether oxygens (including phenoxy) is 1. The highest BCUT2D eigenvalue weighted by atomic mass is 16.5. The normalized spacial score (nSPS) is 27.8. The molecule has 2 heterocycles. The van der Waals surface area contributed by atoms with Crippen LogP contribution in [0.2, 0.25) is 0 Å². The fourth-order valence-corrected chi connectivity index (χ4v) is 2.82. The van der Waals surface area contributed by atoms with E-state index in [1.54, 1.807) is 0 Å². The van der Waals surface area contributed by atoms with E-state index in [1.165, 1.54) is 32.5 Å². The lowest BCUT2D eigenvalue weighted by molar-refractivity contribution is 0.0183. The van der Waals surface area contributed by atoms with Crippen molar-refractivity contribution in [3.8, 4) is 0 Å². The summed E-state index contributed by atoms with van der Waals surface area (Å²) >= 11 is 0. The van der Waals surface area contributed by atoms with E-state index < -0.39 is 0 Å². The summed E-state index contributed by atoms with van der Waals surface area (Å²) in [4.78, 5) is 5.22. The van der Waals surface area contributed by atoms with E-state index in [4.69, 9.17) is 10.5 Å². The van der Waals surface area contributed by atoms with E-state index in [0.29, 0.717) is 0 Å². The van der Waals surface area contributed by atoms with Crippen LogP contribution in [0.5, 0.6) is 0 Å². The number of nitrogens with two attached hydrogens (primary N) is 1. The van der Waals surface area contributed by atoms with Gasteiger partial charge < -0.3 is 15.4 Å². The second-order valence-electron chi connectivity index (χ2n) is 6.51. The second-order valence-corrected chi connectivity index (χ2v) is 6.51. The highest BCUT2D eigenvalue weighted by molar-refractivity contribution is 4.85. The monoisotopic (exact) mass is 255 g/mol. The Morgan fingerprint density at radius 1 is 1.22 bits per heavy atom. The number of rotatable bonds is 5. The van der Waals surface area contributed by atoms with Crippen molar-refractivity contribution in [3.63, 3.8) is 0 Å². The van der Waals surface area contributed by atoms with E-state index in [0.717, 1.165) is 38.9 Å². The zero-order chi connectivity index (χ0) is 13.0. The van der Waals surface area contributed by atoms with Crippen LogP contribution in [0, 0.1) is 5.41 Å². The molecule has 0 bridgehead atoms. The summed E-state index contributed by atoms with van der Waals surface area (Å²) in [6.45, 7) is 13.1. The topological polar surface area (TPSA) is 41.7 Å². The molecule has 0 aromatic rings. The summed E-state index contributed by atoms with van der Waals surface area (Å²) in [7, 11) is 0. The van der Waals surface area contributed by atoms with Gasteiger partial charge >= 0.3 is 0 Å². The molecule has 0 saturated carbocycles. The molecule has 106 valence electrons. The molecule has 4 heteroatoms. The van der Waals surface area contributed by atoms with Crippen LogP contribution in [0.1, 0.15) is 26.7 Å². The second kappa shape index (κ2) is 6.33. The molecule has 0 aromatic heterocycles. The van der Waals surface area contributed by atoms with Crippen molar-refractivity contribution in [2.45, 2.75) is 32.7 Å². The molecule has 2 N–H and O–H groups in total. The zero-order valence-electron chi connectivity index (χ0n) is 12.0. The number of likely N-dealkylation sites (tertiary alicyclic amines) is 1. The molecular weight excluding hydrogens is 226 g/mol. The van der Waals surface area contributed by atoms with Crippen LogP contribution < -0.4 is 5.73 Å². The van der Waals surface area contributed by atoms with Crippen LogP contribution in [0.25, 0.3) is 0 Å². The van der Waals surface area contributed by atoms with Crippen molar-refractivity contribution in [1.82, 2.24) is 9.80 Å². The zero-order valence-corrected chi connectivity index (χ0v) is 12.0. The first-order valence-electron chi connectivity index (χ1n) is 7.35. The van der Waals surface area contributed by atoms with E-state index in [-0.39, 0.29) is 5.41 Å². The lowest BCUT2D eigenvalue weighted by Gasteiger charge is -2.32. The number of hydrogen-bond donors (Lipinski definition) is 1. The van der Waals surface area contributed by atoms with Crippen molar-refractivity contribution in [2.24, 2.45) is 11.1 Å². The average Bonchev–Trinajstić information content (AvgIpc) is 2.86. The van der Waals surface area contributed by atoms with Crippen LogP contribution in [0.3, 0.4) is 0 Å². The average molecular weight is 255 g/mol. The molecule has 18 heavy (non-hydrogen) atoms. The van der Waals surface area contributed by atoms with Gasteiger partial charge in [-0.3, -0.25) is 4.90 Å². The van der Waals surface area contributed by atoms with Gasteiger partial charge in [0.15, 0.2) is 0 Å². The molecular formula is C14H29N3O. The minimum Gasteiger partial charge on any atom is -0.379 e. The molecule has 0 spiro atoms. The van der Waals surface area contributed by atoms with E-state index in [1.807, 2.05) is 0 Å². The van der Waals surface area contributed by atoms with Crippen LogP contribution in [0.15, 0.2) is 0 Å². The Balaban J connectivity index is 1.71. The van der Waals surface area contributed by atoms with Gasteiger partial charge in [0.1, 0.15) is 0 Å². The Labute approximate surface area is 111 Å². The first kappa shape index (κ1) is 14.3. The predicted molar refractivity (Wildman–Crippen MR) is 74.7 cm³/mol. The number of morpholine rings is 1. The van der Waals surface area contributed by atoms with Gasteiger partial charge in [0.05, 0.1) is 13.2 Å². The summed E-state index contributed by atoms with van der Waals surface area (Å²) in [5, 5.41) is 0. The van der Waals surface area contributed by atoms with E-state index in [2.05, 4.69) is 23.6 Å². The first-order valence-corrected chi connectivity index (χ1v) is 7.35. The fraction of sp³-hybridized carbons (Fsp3) is 1.00. The SMILES string of the molecule is CC(C)(CN)CCN1CCC(N2CCOCC2)C1. The number of nitrogens with zero attached hydrogens (tertiary/aromatic N) is 2. The maximum atomic E-state index is 5.79. The third-order valence-electron chi connectivity index (χ3n) is 4.47. The van der Waals surface area contributed by atoms with Crippen molar-refractivity contribution in [1.29, 1.82) is 0 Å². The Hall–Kier alpha value is -0.160. The van der Waals surface area contributed by atoms with Gasteiger partial charge in [-0.1, -0.05) is 13.8 Å². The molecule has 2 aliphatic heterocycles. The molecule has 1 atom stereocenters. The third-order valence-corrected chi connectivity index (χ3v) is 4.47. The van der Waals surface area contributed by atoms with Gasteiger partial charge in [-0.15, -0.1) is 0 Å². The summed E-state index contributed by atoms with van der Waals surface area (Å²) < 4.78 is 5.42. The number of hydrogen-bond acceptors (Lipinski definition) is 4. The van der Waals surface area contributed by atoms with Crippen molar-refractivity contribution in [3.05, 3.63) is 0 Å². The molecule has 4 nitrogen and oxygen atoms in total. The molecule has 0 aliphatic carbocycles. The van der Waals surface area contributed by atoms with Gasteiger partial charge in [0.2, 0.25) is 0 Å².